The molecule has 0 aromatic carbocycles. The molecule has 0 aliphatic heterocycles. The van der Waals surface area contributed by atoms with Gasteiger partial charge in [0.1, 0.15) is 0 Å². The topological polar surface area (TPSA) is 269 Å². The minimum absolute atomic E-state index is 0.126. The highest BCUT2D eigenvalue weighted by Gasteiger charge is 2.15. The summed E-state index contributed by atoms with van der Waals surface area (Å²) in [5, 5.41) is 38.0. The fourth-order valence-electron chi connectivity index (χ4n) is 1.46. The maximum Gasteiger partial charge on any atom is 0.317 e. The zero-order chi connectivity index (χ0) is 19.7. The molecule has 0 aliphatic rings. The minimum atomic E-state index is -1.51. The van der Waals surface area contributed by atoms with Gasteiger partial charge in [-0.25, -0.2) is 0 Å². The van der Waals surface area contributed by atoms with Crippen molar-refractivity contribution in [2.24, 2.45) is 11.7 Å². The highest BCUT2D eigenvalue weighted by Crippen LogP contribution is 1.93. The van der Waals surface area contributed by atoms with Crippen molar-refractivity contribution in [1.29, 1.82) is 0 Å². The second kappa shape index (κ2) is 17.0. The first-order chi connectivity index (χ1) is 11.2. The van der Waals surface area contributed by atoms with Crippen molar-refractivity contribution >= 4 is 23.9 Å². The van der Waals surface area contributed by atoms with Crippen LogP contribution >= 0.6 is 0 Å². The van der Waals surface area contributed by atoms with Crippen LogP contribution in [-0.2, 0) is 19.2 Å². The number of rotatable bonds is 11. The van der Waals surface area contributed by atoms with E-state index in [4.69, 9.17) is 10.2 Å². The van der Waals surface area contributed by atoms with Crippen molar-refractivity contribution in [3.8, 4) is 0 Å². The average Bonchev–Trinajstić information content (AvgIpc) is 2.46. The van der Waals surface area contributed by atoms with Gasteiger partial charge in [0.05, 0.1) is 25.0 Å². The summed E-state index contributed by atoms with van der Waals surface area (Å²) in [7, 11) is 0. The van der Waals surface area contributed by atoms with Crippen LogP contribution in [0, 0.1) is 0 Å². The van der Waals surface area contributed by atoms with E-state index < -0.39 is 50.1 Å². The van der Waals surface area contributed by atoms with Gasteiger partial charge in [-0.1, -0.05) is 0 Å². The van der Waals surface area contributed by atoms with Crippen LogP contribution in [-0.4, -0.2) is 83.2 Å². The molecule has 0 aliphatic carbocycles. The summed E-state index contributed by atoms with van der Waals surface area (Å²) >= 11 is 0. The lowest BCUT2D eigenvalue weighted by molar-refractivity contribution is -0.379. The van der Waals surface area contributed by atoms with Gasteiger partial charge in [0.25, 0.3) is 0 Å². The van der Waals surface area contributed by atoms with E-state index in [1.165, 1.54) is 0 Å². The van der Waals surface area contributed by atoms with Gasteiger partial charge in [0.15, 0.2) is 0 Å². The van der Waals surface area contributed by atoms with Gasteiger partial charge < -0.3 is 30.0 Å². The van der Waals surface area contributed by atoms with Crippen LogP contribution in [0.5, 0.6) is 0 Å². The molecule has 0 spiro atoms. The van der Waals surface area contributed by atoms with Crippen LogP contribution in [0.1, 0.15) is 0 Å². The highest BCUT2D eigenvalue weighted by atomic mass is 16.4. The fourth-order valence-corrected chi connectivity index (χ4v) is 1.46. The Morgan fingerprint density at radius 3 is 1.17 bits per heavy atom. The number of carboxylic acids is 4. The molecule has 0 fully saturated rings. The van der Waals surface area contributed by atoms with Gasteiger partial charge in [-0.2, -0.15) is 11.7 Å². The first kappa shape index (κ1) is 26.5. The SMILES string of the molecule is N[NH3+].N[NH3+].O=C([O-])CN(CCN(CC(=O)O)CC(=O)O)CC(=O)[O-]. The molecule has 0 atom stereocenters. The second-order valence-corrected chi connectivity index (χ2v) is 3.95. The standard InChI is InChI=1S/C10H16N2O8.2H4N2/c13-7(14)3-11(4-8(15)16)1-2-12(5-9(17)18)6-10(19)20;2*1-2/h1-6H2,(H,13,14)(H,15,16)(H,17,18)(H,19,20);2*1-2H2. The minimum Gasteiger partial charge on any atom is -0.549 e. The molecule has 0 aromatic rings. The molecular weight excluding hydrogens is 332 g/mol. The average molecular weight is 356 g/mol. The first-order valence-corrected chi connectivity index (χ1v) is 6.30. The molecule has 14 heteroatoms. The molecule has 0 saturated heterocycles. The summed E-state index contributed by atoms with van der Waals surface area (Å²) in [5.41, 5.74) is 0. The molecule has 0 rings (SSSR count). The molecule has 14 nitrogen and oxygen atoms in total. The van der Waals surface area contributed by atoms with Crippen LogP contribution in [0.15, 0.2) is 0 Å². The summed E-state index contributed by atoms with van der Waals surface area (Å²) in [6, 6.07) is 0. The zero-order valence-corrected chi connectivity index (χ0v) is 13.0. The summed E-state index contributed by atoms with van der Waals surface area (Å²) < 4.78 is 0. The summed E-state index contributed by atoms with van der Waals surface area (Å²) in [5.74, 6) is 8.48. The monoisotopic (exact) mass is 356 g/mol. The van der Waals surface area contributed by atoms with Crippen LogP contribution < -0.4 is 33.6 Å². The van der Waals surface area contributed by atoms with Crippen molar-refractivity contribution in [2.75, 3.05) is 39.3 Å². The molecule has 12 N–H and O–H groups in total. The molecule has 0 unspecified atom stereocenters. The van der Waals surface area contributed by atoms with E-state index in [0.29, 0.717) is 0 Å². The predicted octanol–water partition coefficient (Wildman–Crippen LogP) is -8.54. The van der Waals surface area contributed by atoms with Gasteiger partial charge in [0.2, 0.25) is 0 Å². The number of hydrogen-bond donors (Lipinski definition) is 6. The van der Waals surface area contributed by atoms with E-state index in [1.807, 2.05) is 0 Å². The largest absolute Gasteiger partial charge is 0.549 e. The molecule has 142 valence electrons. The Bertz CT molecular complexity index is 326. The van der Waals surface area contributed by atoms with Crippen LogP contribution in [0.3, 0.4) is 0 Å². The smallest absolute Gasteiger partial charge is 0.317 e. The zero-order valence-electron chi connectivity index (χ0n) is 13.0. The van der Waals surface area contributed by atoms with Gasteiger partial charge in [-0.15, -0.1) is 0 Å². The van der Waals surface area contributed by atoms with E-state index in [9.17, 15) is 29.4 Å². The van der Waals surface area contributed by atoms with Crippen LogP contribution in [0.4, 0.5) is 0 Å². The molecular formula is C10H24N6O8. The van der Waals surface area contributed by atoms with Crippen molar-refractivity contribution in [2.45, 2.75) is 0 Å². The van der Waals surface area contributed by atoms with Crippen molar-refractivity contribution < 1.29 is 51.3 Å². The molecule has 0 bridgehead atoms. The lowest BCUT2D eigenvalue weighted by Gasteiger charge is -2.26. The Balaban J connectivity index is -0.00000102. The molecule has 0 amide bonds. The Hall–Kier alpha value is -2.36. The van der Waals surface area contributed by atoms with Crippen molar-refractivity contribution in [3.63, 3.8) is 0 Å². The lowest BCUT2D eigenvalue weighted by atomic mass is 10.4. The van der Waals surface area contributed by atoms with E-state index in [0.717, 1.165) is 9.80 Å². The molecule has 0 saturated carbocycles. The number of aliphatic carboxylic acids is 4. The molecule has 0 aromatic heterocycles. The van der Waals surface area contributed by atoms with E-state index in [1.54, 1.807) is 0 Å². The maximum atomic E-state index is 10.5. The number of nitrogens with zero attached hydrogens (tertiary/aromatic N) is 2. The third kappa shape index (κ3) is 19.6. The lowest BCUT2D eigenvalue weighted by Crippen LogP contribution is -2.59. The normalized spacial score (nSPS) is 9.42. The van der Waals surface area contributed by atoms with E-state index in [-0.39, 0.29) is 13.1 Å². The highest BCUT2D eigenvalue weighted by molar-refractivity contribution is 5.72. The van der Waals surface area contributed by atoms with Crippen molar-refractivity contribution in [3.05, 3.63) is 0 Å². The van der Waals surface area contributed by atoms with Crippen LogP contribution in [0.2, 0.25) is 0 Å². The Morgan fingerprint density at radius 1 is 0.708 bits per heavy atom. The fraction of sp³-hybridized carbons (Fsp3) is 0.600. The number of quaternary nitrogens is 2. The molecule has 0 heterocycles. The van der Waals surface area contributed by atoms with E-state index in [2.05, 4.69) is 23.4 Å². The van der Waals surface area contributed by atoms with Crippen LogP contribution in [0.25, 0.3) is 0 Å². The number of carboxylic acid groups (broad SMARTS) is 4. The van der Waals surface area contributed by atoms with Gasteiger partial charge in [0, 0.05) is 26.2 Å². The maximum absolute atomic E-state index is 10.5. The quantitative estimate of drug-likeness (QED) is 0.149. The van der Waals surface area contributed by atoms with Gasteiger partial charge in [-0.05, 0) is 0 Å². The Morgan fingerprint density at radius 2 is 0.958 bits per heavy atom. The number of hydrogen-bond acceptors (Lipinski definition) is 10. The third-order valence-electron chi connectivity index (χ3n) is 2.16. The summed E-state index contributed by atoms with van der Waals surface area (Å²) in [6.45, 7) is -2.75. The van der Waals surface area contributed by atoms with Gasteiger partial charge in [-0.3, -0.25) is 31.1 Å². The summed E-state index contributed by atoms with van der Waals surface area (Å²) in [4.78, 5) is 43.9. The number of carbonyl (C=O) groups excluding carboxylic acids is 2. The molecule has 0 radical (unpaired) electrons. The van der Waals surface area contributed by atoms with E-state index >= 15 is 0 Å². The molecule has 24 heavy (non-hydrogen) atoms. The van der Waals surface area contributed by atoms with Gasteiger partial charge >= 0.3 is 11.9 Å². The first-order valence-electron chi connectivity index (χ1n) is 6.30. The predicted molar refractivity (Wildman–Crippen MR) is 72.3 cm³/mol. The summed E-state index contributed by atoms with van der Waals surface area (Å²) in [6.07, 6.45) is 0. The number of nitrogens with two attached hydrogens (primary N) is 2. The van der Waals surface area contributed by atoms with Crippen molar-refractivity contribution in [1.82, 2.24) is 9.80 Å². The Labute approximate surface area is 137 Å². The Kier molecular flexibility index (Phi) is 18.8. The second-order valence-electron chi connectivity index (χ2n) is 3.95. The third-order valence-corrected chi connectivity index (χ3v) is 2.16. The number of carbonyl (C=O) groups is 4.